The van der Waals surface area contributed by atoms with E-state index < -0.39 is 0 Å². The van der Waals surface area contributed by atoms with Crippen LogP contribution in [0.3, 0.4) is 0 Å². The maximum atomic E-state index is 2.52. The van der Waals surface area contributed by atoms with Gasteiger partial charge in [-0.05, 0) is 79.9 Å². The zero-order chi connectivity index (χ0) is 18.2. The van der Waals surface area contributed by atoms with Crippen molar-refractivity contribution in [2.45, 2.75) is 45.4 Å². The number of benzene rings is 2. The van der Waals surface area contributed by atoms with E-state index in [9.17, 15) is 0 Å². The van der Waals surface area contributed by atoms with E-state index in [0.717, 1.165) is 13.0 Å². The van der Waals surface area contributed by atoms with Gasteiger partial charge in [-0.15, -0.1) is 0 Å². The molecule has 1 aliphatic heterocycles. The highest BCUT2D eigenvalue weighted by molar-refractivity contribution is 5.82. The first kappa shape index (κ1) is 16.6. The van der Waals surface area contributed by atoms with Gasteiger partial charge in [0.25, 0.3) is 0 Å². The molecule has 0 atom stereocenters. The molecule has 0 bridgehead atoms. The normalized spacial score (nSPS) is 18.4. The standard InChI is InChI=1S/C26H27N/c1-19-10-12-20(13-11-19)16-21-14-15-26(24(17-21)22-6-2-3-7-22)27-18-23-8-4-5-9-25(23)27/h6,8-15,17H,2-5,7,16,18H2,1H3. The van der Waals surface area contributed by atoms with Gasteiger partial charge in [-0.25, -0.2) is 0 Å². The van der Waals surface area contributed by atoms with Crippen LogP contribution >= 0.6 is 0 Å². The number of rotatable bonds is 4. The van der Waals surface area contributed by atoms with Crippen LogP contribution in [0.1, 0.15) is 54.4 Å². The summed E-state index contributed by atoms with van der Waals surface area (Å²) in [5, 5.41) is 0. The van der Waals surface area contributed by atoms with Crippen LogP contribution in [-0.2, 0) is 6.42 Å². The first-order chi connectivity index (χ1) is 13.3. The summed E-state index contributed by atoms with van der Waals surface area (Å²) in [7, 11) is 0. The Morgan fingerprint density at radius 3 is 2.37 bits per heavy atom. The van der Waals surface area contributed by atoms with Gasteiger partial charge in [-0.1, -0.05) is 54.1 Å². The second-order valence-electron chi connectivity index (χ2n) is 8.12. The molecule has 2 aromatic carbocycles. The maximum Gasteiger partial charge on any atom is 0.0499 e. The molecular formula is C26H27N. The van der Waals surface area contributed by atoms with Crippen molar-refractivity contribution in [2.75, 3.05) is 11.4 Å². The Bertz CT molecular complexity index is 956. The third-order valence-electron chi connectivity index (χ3n) is 6.11. The lowest BCUT2D eigenvalue weighted by Gasteiger charge is -2.42. The van der Waals surface area contributed by atoms with E-state index in [2.05, 4.69) is 72.5 Å². The van der Waals surface area contributed by atoms with E-state index in [-0.39, 0.29) is 0 Å². The number of hydrogen-bond acceptors (Lipinski definition) is 1. The quantitative estimate of drug-likeness (QED) is 0.600. The Morgan fingerprint density at radius 2 is 1.59 bits per heavy atom. The first-order valence-electron chi connectivity index (χ1n) is 10.3. The second kappa shape index (κ2) is 6.88. The van der Waals surface area contributed by atoms with Gasteiger partial charge >= 0.3 is 0 Å². The maximum absolute atomic E-state index is 2.52. The van der Waals surface area contributed by atoms with E-state index in [4.69, 9.17) is 0 Å². The molecule has 1 heterocycles. The second-order valence-corrected chi connectivity index (χ2v) is 8.12. The summed E-state index contributed by atoms with van der Waals surface area (Å²) in [6, 6.07) is 16.1. The smallest absolute Gasteiger partial charge is 0.0499 e. The van der Waals surface area contributed by atoms with Crippen molar-refractivity contribution < 1.29 is 0 Å². The van der Waals surface area contributed by atoms with Crippen LogP contribution in [0.4, 0.5) is 5.69 Å². The average Bonchev–Trinajstić information content (AvgIpc) is 3.20. The first-order valence-corrected chi connectivity index (χ1v) is 10.3. The number of aryl methyl sites for hydroxylation is 1. The summed E-state index contributed by atoms with van der Waals surface area (Å²) in [6.45, 7) is 3.22. The molecule has 2 aromatic rings. The SMILES string of the molecule is Cc1ccc(Cc2ccc(N3CC4=CCCC=C43)c(C3=CCCC3)c2)cc1. The summed E-state index contributed by atoms with van der Waals surface area (Å²) in [6.07, 6.45) is 14.4. The summed E-state index contributed by atoms with van der Waals surface area (Å²) < 4.78 is 0. The molecule has 0 N–H and O–H groups in total. The lowest BCUT2D eigenvalue weighted by molar-refractivity contribution is 0.815. The fraction of sp³-hybridized carbons (Fsp3) is 0.308. The number of allylic oxidation sites excluding steroid dienone is 4. The zero-order valence-corrected chi connectivity index (χ0v) is 16.2. The van der Waals surface area contributed by atoms with E-state index in [1.165, 1.54) is 71.3 Å². The monoisotopic (exact) mass is 353 g/mol. The Morgan fingerprint density at radius 1 is 0.815 bits per heavy atom. The van der Waals surface area contributed by atoms with Gasteiger partial charge in [-0.2, -0.15) is 0 Å². The fourth-order valence-electron chi connectivity index (χ4n) is 4.56. The highest BCUT2D eigenvalue weighted by atomic mass is 15.2. The van der Waals surface area contributed by atoms with Crippen LogP contribution in [0, 0.1) is 6.92 Å². The summed E-state index contributed by atoms with van der Waals surface area (Å²) in [4.78, 5) is 2.52. The third-order valence-corrected chi connectivity index (χ3v) is 6.11. The van der Waals surface area contributed by atoms with Gasteiger partial charge < -0.3 is 4.90 Å². The van der Waals surface area contributed by atoms with Crippen LogP contribution in [0.2, 0.25) is 0 Å². The molecule has 1 nitrogen and oxygen atoms in total. The van der Waals surface area contributed by atoms with Gasteiger partial charge in [-0.3, -0.25) is 0 Å². The van der Waals surface area contributed by atoms with Crippen molar-refractivity contribution in [3.05, 3.63) is 94.2 Å². The summed E-state index contributed by atoms with van der Waals surface area (Å²) in [5.41, 5.74) is 11.5. The van der Waals surface area contributed by atoms with Gasteiger partial charge in [0.2, 0.25) is 0 Å². The van der Waals surface area contributed by atoms with Crippen LogP contribution < -0.4 is 4.90 Å². The Labute approximate surface area is 162 Å². The molecule has 0 unspecified atom stereocenters. The molecule has 1 fully saturated rings. The number of anilines is 1. The molecule has 0 amide bonds. The van der Waals surface area contributed by atoms with Gasteiger partial charge in [0.15, 0.2) is 0 Å². The minimum atomic E-state index is 1.01. The van der Waals surface area contributed by atoms with Crippen molar-refractivity contribution >= 4 is 11.3 Å². The van der Waals surface area contributed by atoms with Crippen molar-refractivity contribution in [1.29, 1.82) is 0 Å². The molecule has 0 spiro atoms. The van der Waals surface area contributed by atoms with Gasteiger partial charge in [0.05, 0.1) is 0 Å². The molecule has 2 aliphatic carbocycles. The Balaban J connectivity index is 1.49. The van der Waals surface area contributed by atoms with Crippen LogP contribution in [0.25, 0.3) is 5.57 Å². The number of hydrogen-bond donors (Lipinski definition) is 0. The predicted molar refractivity (Wildman–Crippen MR) is 115 cm³/mol. The zero-order valence-electron chi connectivity index (χ0n) is 16.2. The lowest BCUT2D eigenvalue weighted by atomic mass is 9.90. The average molecular weight is 354 g/mol. The lowest BCUT2D eigenvalue weighted by Crippen LogP contribution is -2.39. The van der Waals surface area contributed by atoms with E-state index >= 15 is 0 Å². The predicted octanol–water partition coefficient (Wildman–Crippen LogP) is 6.58. The number of fused-ring (bicyclic) bond motifs is 1. The molecule has 1 heteroatoms. The van der Waals surface area contributed by atoms with Gasteiger partial charge in [0.1, 0.15) is 0 Å². The van der Waals surface area contributed by atoms with E-state index in [1.54, 1.807) is 5.57 Å². The van der Waals surface area contributed by atoms with E-state index in [0.29, 0.717) is 0 Å². The van der Waals surface area contributed by atoms with Crippen molar-refractivity contribution in [1.82, 2.24) is 0 Å². The van der Waals surface area contributed by atoms with Crippen molar-refractivity contribution in [2.24, 2.45) is 0 Å². The van der Waals surface area contributed by atoms with Crippen molar-refractivity contribution in [3.63, 3.8) is 0 Å². The fourth-order valence-corrected chi connectivity index (χ4v) is 4.56. The number of nitrogens with zero attached hydrogens (tertiary/aromatic N) is 1. The minimum absolute atomic E-state index is 1.01. The highest BCUT2D eigenvalue weighted by Gasteiger charge is 2.30. The van der Waals surface area contributed by atoms with Crippen LogP contribution in [0.5, 0.6) is 0 Å². The molecule has 0 saturated carbocycles. The molecule has 3 aliphatic rings. The summed E-state index contributed by atoms with van der Waals surface area (Å²) >= 11 is 0. The highest BCUT2D eigenvalue weighted by Crippen LogP contribution is 2.42. The van der Waals surface area contributed by atoms with E-state index in [1.807, 2.05) is 0 Å². The summed E-state index contributed by atoms with van der Waals surface area (Å²) in [5.74, 6) is 0. The van der Waals surface area contributed by atoms with Crippen LogP contribution in [-0.4, -0.2) is 6.54 Å². The molecule has 5 rings (SSSR count). The minimum Gasteiger partial charge on any atom is -0.336 e. The molecule has 1 saturated heterocycles. The molecule has 136 valence electrons. The Kier molecular flexibility index (Phi) is 4.24. The molecular weight excluding hydrogens is 326 g/mol. The van der Waals surface area contributed by atoms with Crippen molar-refractivity contribution in [3.8, 4) is 0 Å². The topological polar surface area (TPSA) is 3.24 Å². The van der Waals surface area contributed by atoms with Crippen LogP contribution in [0.15, 0.2) is 72.0 Å². The largest absolute Gasteiger partial charge is 0.336 e. The molecule has 0 radical (unpaired) electrons. The molecule has 27 heavy (non-hydrogen) atoms. The Hall–Kier alpha value is -2.54. The van der Waals surface area contributed by atoms with Gasteiger partial charge in [0, 0.05) is 23.5 Å². The third kappa shape index (κ3) is 3.16. The molecule has 0 aromatic heterocycles.